The molecule has 0 bridgehead atoms. The van der Waals surface area contributed by atoms with Crippen molar-refractivity contribution in [2.75, 3.05) is 18.5 Å². The van der Waals surface area contributed by atoms with Gasteiger partial charge in [0.05, 0.1) is 18.7 Å². The number of anilines is 1. The molecule has 2 aromatic heterocycles. The van der Waals surface area contributed by atoms with Crippen LogP contribution in [-0.2, 0) is 20.7 Å². The van der Waals surface area contributed by atoms with E-state index in [-0.39, 0.29) is 23.9 Å². The van der Waals surface area contributed by atoms with Gasteiger partial charge in [-0.2, -0.15) is 0 Å². The van der Waals surface area contributed by atoms with Crippen molar-refractivity contribution in [1.82, 2.24) is 9.97 Å². The van der Waals surface area contributed by atoms with Gasteiger partial charge in [0.25, 0.3) is 5.91 Å². The molecule has 11 heteroatoms. The summed E-state index contributed by atoms with van der Waals surface area (Å²) in [5, 5.41) is 15.2. The van der Waals surface area contributed by atoms with Crippen molar-refractivity contribution in [3.8, 4) is 5.75 Å². The fourth-order valence-electron chi connectivity index (χ4n) is 1.74. The zero-order valence-corrected chi connectivity index (χ0v) is 13.9. The van der Waals surface area contributed by atoms with Crippen LogP contribution in [0, 0.1) is 10.1 Å². The van der Waals surface area contributed by atoms with Crippen molar-refractivity contribution in [3.05, 3.63) is 39.5 Å². The van der Waals surface area contributed by atoms with Crippen molar-refractivity contribution in [2.45, 2.75) is 13.3 Å². The molecule has 132 valence electrons. The summed E-state index contributed by atoms with van der Waals surface area (Å²) in [7, 11) is 0. The molecule has 0 aliphatic heterocycles. The van der Waals surface area contributed by atoms with E-state index >= 15 is 0 Å². The smallest absolute Gasteiger partial charge is 0.406 e. The lowest BCUT2D eigenvalue weighted by atomic mass is 10.3. The molecule has 0 radical (unpaired) electrons. The van der Waals surface area contributed by atoms with E-state index in [1.54, 1.807) is 12.3 Å². The van der Waals surface area contributed by atoms with E-state index in [1.165, 1.54) is 18.3 Å². The summed E-state index contributed by atoms with van der Waals surface area (Å²) in [5.74, 6) is -1.53. The van der Waals surface area contributed by atoms with Gasteiger partial charge in [-0.05, 0) is 29.0 Å². The Morgan fingerprint density at radius 3 is 2.96 bits per heavy atom. The largest absolute Gasteiger partial charge is 0.476 e. The molecular formula is C14H14N4O6S. The van der Waals surface area contributed by atoms with E-state index in [9.17, 15) is 19.7 Å². The lowest BCUT2D eigenvalue weighted by Crippen LogP contribution is -2.20. The second-order valence-corrected chi connectivity index (χ2v) is 5.40. The Balaban J connectivity index is 1.88. The fourth-order valence-corrected chi connectivity index (χ4v) is 2.46. The van der Waals surface area contributed by atoms with Gasteiger partial charge in [-0.25, -0.2) is 4.98 Å². The Labute approximate surface area is 146 Å². The van der Waals surface area contributed by atoms with Gasteiger partial charge in [0.2, 0.25) is 5.75 Å². The minimum absolute atomic E-state index is 0.0125. The third kappa shape index (κ3) is 5.49. The number of carbonyl (C=O) groups excluding carboxylic acids is 2. The molecule has 0 fully saturated rings. The van der Waals surface area contributed by atoms with Crippen molar-refractivity contribution >= 4 is 34.2 Å². The first kappa shape index (κ1) is 18.3. The molecule has 1 amide bonds. The predicted molar refractivity (Wildman–Crippen MR) is 87.5 cm³/mol. The van der Waals surface area contributed by atoms with Crippen LogP contribution in [-0.4, -0.2) is 40.0 Å². The Bertz CT molecular complexity index is 778. The number of nitrogens with one attached hydrogen (secondary N) is 1. The predicted octanol–water partition coefficient (Wildman–Crippen LogP) is 1.57. The Kier molecular flexibility index (Phi) is 6.34. The lowest BCUT2D eigenvalue weighted by molar-refractivity contribution is -0.390. The molecule has 0 aliphatic rings. The summed E-state index contributed by atoms with van der Waals surface area (Å²) < 4.78 is 9.93. The second kappa shape index (κ2) is 8.68. The molecule has 0 aliphatic carbocycles. The van der Waals surface area contributed by atoms with Gasteiger partial charge in [0, 0.05) is 5.38 Å². The van der Waals surface area contributed by atoms with Crippen LogP contribution in [0.15, 0.2) is 23.7 Å². The maximum atomic E-state index is 11.8. The minimum atomic E-state index is -0.699. The minimum Gasteiger partial charge on any atom is -0.476 e. The zero-order chi connectivity index (χ0) is 18.2. The van der Waals surface area contributed by atoms with Crippen LogP contribution < -0.4 is 10.1 Å². The van der Waals surface area contributed by atoms with E-state index < -0.39 is 29.2 Å². The van der Waals surface area contributed by atoms with Gasteiger partial charge in [0.15, 0.2) is 11.7 Å². The highest BCUT2D eigenvalue weighted by atomic mass is 32.1. The number of nitrogens with zero attached hydrogens (tertiary/aromatic N) is 3. The first-order valence-corrected chi connectivity index (χ1v) is 7.99. The average Bonchev–Trinajstić information content (AvgIpc) is 3.00. The molecule has 2 rings (SSSR count). The maximum absolute atomic E-state index is 11.8. The molecule has 1 N–H and O–H groups in total. The van der Waals surface area contributed by atoms with Gasteiger partial charge in [-0.3, -0.25) is 14.9 Å². The quantitative estimate of drug-likeness (QED) is 0.423. The molecule has 2 heterocycles. The van der Waals surface area contributed by atoms with Crippen LogP contribution in [0.25, 0.3) is 0 Å². The molecule has 25 heavy (non-hydrogen) atoms. The first-order valence-electron chi connectivity index (χ1n) is 7.11. The van der Waals surface area contributed by atoms with Crippen molar-refractivity contribution in [1.29, 1.82) is 0 Å². The van der Waals surface area contributed by atoms with Crippen LogP contribution in [0.4, 0.5) is 10.9 Å². The van der Waals surface area contributed by atoms with Gasteiger partial charge in [-0.1, -0.05) is 0 Å². The molecule has 2 aromatic rings. The van der Waals surface area contributed by atoms with Crippen LogP contribution in [0.3, 0.4) is 0 Å². The van der Waals surface area contributed by atoms with Crippen LogP contribution in [0.1, 0.15) is 12.6 Å². The molecule has 0 saturated carbocycles. The van der Waals surface area contributed by atoms with E-state index in [1.807, 2.05) is 0 Å². The molecule has 0 atom stereocenters. The van der Waals surface area contributed by atoms with Gasteiger partial charge >= 0.3 is 11.8 Å². The molecule has 0 unspecified atom stereocenters. The summed E-state index contributed by atoms with van der Waals surface area (Å²) in [6, 6.07) is 2.81. The number of ether oxygens (including phenoxy) is 2. The fraction of sp³-hybridized carbons (Fsp3) is 0.286. The molecule has 0 saturated heterocycles. The number of thiazole rings is 1. The number of rotatable bonds is 8. The summed E-state index contributed by atoms with van der Waals surface area (Å²) in [4.78, 5) is 41.0. The number of esters is 1. The third-order valence-electron chi connectivity index (χ3n) is 2.71. The monoisotopic (exact) mass is 366 g/mol. The Morgan fingerprint density at radius 2 is 2.24 bits per heavy atom. The van der Waals surface area contributed by atoms with E-state index in [0.717, 1.165) is 11.3 Å². The number of pyridine rings is 1. The van der Waals surface area contributed by atoms with E-state index in [2.05, 4.69) is 15.3 Å². The molecule has 10 nitrogen and oxygen atoms in total. The second-order valence-electron chi connectivity index (χ2n) is 4.54. The highest BCUT2D eigenvalue weighted by Crippen LogP contribution is 2.23. The molecular weight excluding hydrogens is 352 g/mol. The average molecular weight is 366 g/mol. The van der Waals surface area contributed by atoms with E-state index in [0.29, 0.717) is 5.69 Å². The van der Waals surface area contributed by atoms with Gasteiger partial charge < -0.3 is 19.6 Å². The number of hydrogen-bond donors (Lipinski definition) is 1. The molecule has 0 spiro atoms. The van der Waals surface area contributed by atoms with Crippen LogP contribution in [0.2, 0.25) is 0 Å². The summed E-state index contributed by atoms with van der Waals surface area (Å²) >= 11 is 1.14. The first-order chi connectivity index (χ1) is 12.0. The summed E-state index contributed by atoms with van der Waals surface area (Å²) in [5.41, 5.74) is 0.475. The summed E-state index contributed by atoms with van der Waals surface area (Å²) in [6.45, 7) is 1.54. The van der Waals surface area contributed by atoms with Crippen LogP contribution in [0.5, 0.6) is 5.75 Å². The standard InChI is InChI=1S/C14H14N4O6S/c1-2-23-12(20)6-9-8-25-14(16-9)17-11(19)7-24-10-4-3-5-15-13(10)18(21)22/h3-5,8H,2,6-7H2,1H3,(H,16,17,19). The zero-order valence-electron chi connectivity index (χ0n) is 13.1. The number of carbonyl (C=O) groups is 2. The Hall–Kier alpha value is -3.08. The highest BCUT2D eigenvalue weighted by molar-refractivity contribution is 7.13. The normalized spacial score (nSPS) is 10.1. The third-order valence-corrected chi connectivity index (χ3v) is 3.52. The van der Waals surface area contributed by atoms with Crippen molar-refractivity contribution in [2.24, 2.45) is 0 Å². The highest BCUT2D eigenvalue weighted by Gasteiger charge is 2.17. The number of amides is 1. The van der Waals surface area contributed by atoms with E-state index in [4.69, 9.17) is 9.47 Å². The van der Waals surface area contributed by atoms with Gasteiger partial charge in [-0.15, -0.1) is 11.3 Å². The number of nitro groups is 1. The van der Waals surface area contributed by atoms with Crippen LogP contribution >= 0.6 is 11.3 Å². The van der Waals surface area contributed by atoms with Gasteiger partial charge in [0.1, 0.15) is 6.20 Å². The van der Waals surface area contributed by atoms with Crippen molar-refractivity contribution < 1.29 is 24.0 Å². The number of aromatic nitrogens is 2. The number of hydrogen-bond acceptors (Lipinski definition) is 9. The Morgan fingerprint density at radius 1 is 1.44 bits per heavy atom. The van der Waals surface area contributed by atoms with Crippen molar-refractivity contribution in [3.63, 3.8) is 0 Å². The molecule has 0 aromatic carbocycles. The summed E-state index contributed by atoms with van der Waals surface area (Å²) in [6.07, 6.45) is 1.27. The maximum Gasteiger partial charge on any atom is 0.406 e. The SMILES string of the molecule is CCOC(=O)Cc1csc(NC(=O)COc2cccnc2[N+](=O)[O-])n1. The lowest BCUT2D eigenvalue weighted by Gasteiger charge is -2.05. The topological polar surface area (TPSA) is 134 Å².